The van der Waals surface area contributed by atoms with Gasteiger partial charge in [0, 0.05) is 18.0 Å². The topological polar surface area (TPSA) is 109 Å². The lowest BCUT2D eigenvalue weighted by molar-refractivity contribution is 0.0423. The second kappa shape index (κ2) is 7.55. The Bertz CT molecular complexity index is 1260. The smallest absolute Gasteiger partial charge is 0.359 e. The van der Waals surface area contributed by atoms with Crippen LogP contribution in [0.2, 0.25) is 0 Å². The number of rotatable bonds is 5. The van der Waals surface area contributed by atoms with Gasteiger partial charge in [-0.25, -0.2) is 9.48 Å². The van der Waals surface area contributed by atoms with Crippen molar-refractivity contribution in [1.29, 1.82) is 0 Å². The summed E-state index contributed by atoms with van der Waals surface area (Å²) in [5.74, 6) is 0.441. The molecule has 0 aliphatic heterocycles. The molecular formula is C20H16N4O5. The highest BCUT2D eigenvalue weighted by molar-refractivity contribution is 6.02. The predicted molar refractivity (Wildman–Crippen MR) is 102 cm³/mol. The number of aryl methyl sites for hydroxylation is 1. The molecule has 0 aliphatic carbocycles. The van der Waals surface area contributed by atoms with E-state index in [0.717, 1.165) is 4.68 Å². The number of carbonyl (C=O) groups is 1. The van der Waals surface area contributed by atoms with E-state index in [4.69, 9.17) is 14.0 Å². The Balaban J connectivity index is 1.54. The van der Waals surface area contributed by atoms with E-state index >= 15 is 0 Å². The average Bonchev–Trinajstić information content (AvgIpc) is 3.24. The average molecular weight is 392 g/mol. The Labute approximate surface area is 164 Å². The molecule has 0 N–H and O–H groups in total. The normalized spacial score (nSPS) is 10.8. The number of benzene rings is 2. The monoisotopic (exact) mass is 392 g/mol. The second-order valence-corrected chi connectivity index (χ2v) is 6.14. The molecule has 146 valence electrons. The van der Waals surface area contributed by atoms with Gasteiger partial charge in [0.2, 0.25) is 5.82 Å². The lowest BCUT2D eigenvalue weighted by Crippen LogP contribution is -2.23. The van der Waals surface area contributed by atoms with E-state index in [0.29, 0.717) is 27.9 Å². The summed E-state index contributed by atoms with van der Waals surface area (Å²) in [5, 5.41) is 8.73. The molecule has 0 radical (unpaired) electrons. The molecule has 2 aromatic heterocycles. The first-order valence-corrected chi connectivity index (χ1v) is 8.67. The van der Waals surface area contributed by atoms with Gasteiger partial charge in [-0.3, -0.25) is 4.79 Å². The summed E-state index contributed by atoms with van der Waals surface area (Å²) in [7, 11) is 3.04. The number of hydrogen-bond acceptors (Lipinski definition) is 8. The van der Waals surface area contributed by atoms with Crippen LogP contribution in [0.1, 0.15) is 16.4 Å². The molecule has 9 nitrogen and oxygen atoms in total. The minimum Gasteiger partial charge on any atom is -0.497 e. The number of carbonyl (C=O) groups excluding carboxylic acids is 1. The van der Waals surface area contributed by atoms with Crippen molar-refractivity contribution in [2.75, 3.05) is 7.11 Å². The number of hydrogen-bond donors (Lipinski definition) is 0. The fourth-order valence-corrected chi connectivity index (χ4v) is 2.84. The summed E-state index contributed by atoms with van der Waals surface area (Å²) in [5.41, 5.74) is 0.448. The van der Waals surface area contributed by atoms with Gasteiger partial charge in [0.15, 0.2) is 12.3 Å². The maximum absolute atomic E-state index is 12.5. The van der Waals surface area contributed by atoms with Crippen LogP contribution < -0.4 is 10.3 Å². The van der Waals surface area contributed by atoms with Gasteiger partial charge < -0.3 is 14.0 Å². The molecule has 4 aromatic rings. The largest absolute Gasteiger partial charge is 0.497 e. The van der Waals surface area contributed by atoms with E-state index in [1.807, 2.05) is 6.07 Å². The van der Waals surface area contributed by atoms with Crippen LogP contribution in [0.3, 0.4) is 0 Å². The summed E-state index contributed by atoms with van der Waals surface area (Å²) in [4.78, 5) is 29.0. The van der Waals surface area contributed by atoms with Gasteiger partial charge in [0.05, 0.1) is 12.5 Å². The van der Waals surface area contributed by atoms with E-state index in [2.05, 4.69) is 15.2 Å². The van der Waals surface area contributed by atoms with Crippen molar-refractivity contribution in [3.63, 3.8) is 0 Å². The number of nitrogens with zero attached hydrogens (tertiary/aromatic N) is 4. The highest BCUT2D eigenvalue weighted by atomic mass is 16.6. The van der Waals surface area contributed by atoms with Gasteiger partial charge in [0.25, 0.3) is 11.4 Å². The summed E-state index contributed by atoms with van der Waals surface area (Å²) >= 11 is 0. The molecule has 2 aromatic carbocycles. The van der Waals surface area contributed by atoms with Crippen LogP contribution >= 0.6 is 0 Å². The first-order chi connectivity index (χ1) is 14.1. The fourth-order valence-electron chi connectivity index (χ4n) is 2.84. The minimum absolute atomic E-state index is 0.0373. The number of esters is 1. The fraction of sp³-hybridized carbons (Fsp3) is 0.150. The van der Waals surface area contributed by atoms with Crippen molar-refractivity contribution < 1.29 is 18.8 Å². The van der Waals surface area contributed by atoms with Crippen molar-refractivity contribution in [3.8, 4) is 17.1 Å². The van der Waals surface area contributed by atoms with Gasteiger partial charge in [-0.1, -0.05) is 35.5 Å². The SMILES string of the molecule is COc1cccc(-c2noc(COC(=O)c3nn(C)c(=O)c4ccccc34)n2)c1. The number of ether oxygens (including phenoxy) is 2. The third kappa shape index (κ3) is 3.57. The molecule has 0 bridgehead atoms. The molecule has 29 heavy (non-hydrogen) atoms. The summed E-state index contributed by atoms with van der Waals surface area (Å²) in [6, 6.07) is 13.9. The zero-order valence-electron chi connectivity index (χ0n) is 15.7. The van der Waals surface area contributed by atoms with Crippen LogP contribution in [0.25, 0.3) is 22.2 Å². The lowest BCUT2D eigenvalue weighted by atomic mass is 10.1. The van der Waals surface area contributed by atoms with Crippen molar-refractivity contribution in [1.82, 2.24) is 19.9 Å². The van der Waals surface area contributed by atoms with Crippen LogP contribution in [0.4, 0.5) is 0 Å². The predicted octanol–water partition coefficient (Wildman–Crippen LogP) is 2.35. The zero-order chi connectivity index (χ0) is 20.4. The van der Waals surface area contributed by atoms with E-state index < -0.39 is 5.97 Å². The number of methoxy groups -OCH3 is 1. The standard InChI is InChI=1S/C20H16N4O5/c1-24-19(25)15-9-4-3-8-14(15)17(22-24)20(26)28-11-16-21-18(23-29-16)12-6-5-7-13(10-12)27-2/h3-10H,11H2,1-2H3. The van der Waals surface area contributed by atoms with Crippen LogP contribution in [0.5, 0.6) is 5.75 Å². The van der Waals surface area contributed by atoms with Gasteiger partial charge in [-0.2, -0.15) is 10.1 Å². The van der Waals surface area contributed by atoms with E-state index in [-0.39, 0.29) is 23.8 Å². The Morgan fingerprint density at radius 3 is 2.72 bits per heavy atom. The van der Waals surface area contributed by atoms with Crippen molar-refractivity contribution in [2.45, 2.75) is 6.61 Å². The molecule has 4 rings (SSSR count). The molecule has 0 saturated carbocycles. The summed E-state index contributed by atoms with van der Waals surface area (Å²) in [6.07, 6.45) is 0. The van der Waals surface area contributed by atoms with Gasteiger partial charge >= 0.3 is 5.97 Å². The molecule has 0 spiro atoms. The first kappa shape index (κ1) is 18.4. The highest BCUT2D eigenvalue weighted by Crippen LogP contribution is 2.21. The zero-order valence-corrected chi connectivity index (χ0v) is 15.7. The van der Waals surface area contributed by atoms with Crippen molar-refractivity contribution in [3.05, 3.63) is 70.5 Å². The molecule has 2 heterocycles. The second-order valence-electron chi connectivity index (χ2n) is 6.14. The van der Waals surface area contributed by atoms with Crippen LogP contribution in [0, 0.1) is 0 Å². The third-order valence-corrected chi connectivity index (χ3v) is 4.27. The molecule has 0 atom stereocenters. The first-order valence-electron chi connectivity index (χ1n) is 8.67. The van der Waals surface area contributed by atoms with Crippen LogP contribution in [0.15, 0.2) is 57.8 Å². The molecule has 9 heteroatoms. The minimum atomic E-state index is -0.696. The molecular weight excluding hydrogens is 376 g/mol. The third-order valence-electron chi connectivity index (χ3n) is 4.27. The number of fused-ring (bicyclic) bond motifs is 1. The molecule has 0 amide bonds. The van der Waals surface area contributed by atoms with E-state index in [9.17, 15) is 9.59 Å². The summed E-state index contributed by atoms with van der Waals surface area (Å²) < 4.78 is 16.7. The maximum Gasteiger partial charge on any atom is 0.359 e. The van der Waals surface area contributed by atoms with Crippen molar-refractivity contribution >= 4 is 16.7 Å². The van der Waals surface area contributed by atoms with Gasteiger partial charge in [-0.15, -0.1) is 0 Å². The highest BCUT2D eigenvalue weighted by Gasteiger charge is 2.18. The Hall–Kier alpha value is -4.01. The lowest BCUT2D eigenvalue weighted by Gasteiger charge is -2.07. The quantitative estimate of drug-likeness (QED) is 0.476. The van der Waals surface area contributed by atoms with Crippen LogP contribution in [-0.4, -0.2) is 33.0 Å². The molecule has 0 aliphatic rings. The van der Waals surface area contributed by atoms with Crippen LogP contribution in [-0.2, 0) is 18.4 Å². The Kier molecular flexibility index (Phi) is 4.78. The number of aromatic nitrogens is 4. The summed E-state index contributed by atoms with van der Waals surface area (Å²) in [6.45, 7) is -0.228. The van der Waals surface area contributed by atoms with Gasteiger partial charge in [0.1, 0.15) is 5.75 Å². The molecule has 0 fully saturated rings. The Morgan fingerprint density at radius 1 is 1.14 bits per heavy atom. The maximum atomic E-state index is 12.5. The Morgan fingerprint density at radius 2 is 1.93 bits per heavy atom. The van der Waals surface area contributed by atoms with Crippen molar-refractivity contribution in [2.24, 2.45) is 7.05 Å². The van der Waals surface area contributed by atoms with E-state index in [1.165, 1.54) is 7.05 Å². The molecule has 0 saturated heterocycles. The van der Waals surface area contributed by atoms with Gasteiger partial charge in [-0.05, 0) is 18.2 Å². The van der Waals surface area contributed by atoms with E-state index in [1.54, 1.807) is 49.6 Å². The molecule has 0 unspecified atom stereocenters.